The molecule has 0 aliphatic carbocycles. The average Bonchev–Trinajstić information content (AvgIpc) is 2.32. The van der Waals surface area contributed by atoms with E-state index in [1.807, 2.05) is 0 Å². The van der Waals surface area contributed by atoms with Gasteiger partial charge in [-0.3, -0.25) is 4.79 Å². The van der Waals surface area contributed by atoms with E-state index >= 15 is 0 Å². The van der Waals surface area contributed by atoms with Crippen LogP contribution in [0.3, 0.4) is 0 Å². The Labute approximate surface area is 115 Å². The standard InChI is InChI=1S/C14H12ClFN2O/c1-8-7-9(16)5-6-12(8)18-14(19)13-10(15)3-2-4-11(13)17/h2-7H,17H2,1H3,(H,18,19). The summed E-state index contributed by atoms with van der Waals surface area (Å²) in [5.74, 6) is -0.773. The second kappa shape index (κ2) is 5.28. The lowest BCUT2D eigenvalue weighted by Crippen LogP contribution is -2.15. The van der Waals surface area contributed by atoms with Crippen LogP contribution in [0.2, 0.25) is 5.02 Å². The van der Waals surface area contributed by atoms with Gasteiger partial charge in [-0.15, -0.1) is 0 Å². The smallest absolute Gasteiger partial charge is 0.259 e. The Morgan fingerprint density at radius 1 is 1.32 bits per heavy atom. The molecular weight excluding hydrogens is 267 g/mol. The number of nitrogens with one attached hydrogen (secondary N) is 1. The highest BCUT2D eigenvalue weighted by atomic mass is 35.5. The highest BCUT2D eigenvalue weighted by molar-refractivity contribution is 6.35. The summed E-state index contributed by atoms with van der Waals surface area (Å²) < 4.78 is 13.0. The number of hydrogen-bond donors (Lipinski definition) is 2. The van der Waals surface area contributed by atoms with E-state index in [-0.39, 0.29) is 16.4 Å². The third kappa shape index (κ3) is 2.85. The molecule has 0 bridgehead atoms. The first kappa shape index (κ1) is 13.4. The molecule has 0 unspecified atom stereocenters. The van der Waals surface area contributed by atoms with Crippen molar-refractivity contribution in [3.63, 3.8) is 0 Å². The third-order valence-corrected chi connectivity index (χ3v) is 3.02. The Hall–Kier alpha value is -2.07. The van der Waals surface area contributed by atoms with Gasteiger partial charge >= 0.3 is 0 Å². The maximum absolute atomic E-state index is 13.0. The van der Waals surface area contributed by atoms with Gasteiger partial charge in [-0.1, -0.05) is 17.7 Å². The zero-order chi connectivity index (χ0) is 14.0. The van der Waals surface area contributed by atoms with Crippen LogP contribution in [-0.4, -0.2) is 5.91 Å². The molecule has 0 aromatic heterocycles. The fraction of sp³-hybridized carbons (Fsp3) is 0.0714. The number of amides is 1. The predicted molar refractivity (Wildman–Crippen MR) is 75.0 cm³/mol. The second-order valence-corrected chi connectivity index (χ2v) is 4.52. The molecule has 0 atom stereocenters. The van der Waals surface area contributed by atoms with Gasteiger partial charge in [0.25, 0.3) is 5.91 Å². The summed E-state index contributed by atoms with van der Waals surface area (Å²) in [6.07, 6.45) is 0. The zero-order valence-corrected chi connectivity index (χ0v) is 11.0. The summed E-state index contributed by atoms with van der Waals surface area (Å²) in [6, 6.07) is 8.96. The molecule has 3 N–H and O–H groups in total. The van der Waals surface area contributed by atoms with E-state index in [1.165, 1.54) is 18.2 Å². The van der Waals surface area contributed by atoms with Crippen LogP contribution in [-0.2, 0) is 0 Å². The maximum Gasteiger partial charge on any atom is 0.259 e. The number of rotatable bonds is 2. The lowest BCUT2D eigenvalue weighted by molar-refractivity contribution is 0.102. The number of hydrogen-bond acceptors (Lipinski definition) is 2. The quantitative estimate of drug-likeness (QED) is 0.824. The molecule has 5 heteroatoms. The normalized spacial score (nSPS) is 10.3. The predicted octanol–water partition coefficient (Wildman–Crippen LogP) is 3.62. The van der Waals surface area contributed by atoms with Gasteiger partial charge in [-0.25, -0.2) is 4.39 Å². The van der Waals surface area contributed by atoms with Gasteiger partial charge in [0.05, 0.1) is 10.6 Å². The molecule has 0 fully saturated rings. The van der Waals surface area contributed by atoms with Crippen LogP contribution in [0, 0.1) is 12.7 Å². The van der Waals surface area contributed by atoms with Crippen LogP contribution in [0.1, 0.15) is 15.9 Å². The van der Waals surface area contributed by atoms with Crippen molar-refractivity contribution in [3.05, 3.63) is 58.4 Å². The van der Waals surface area contributed by atoms with Gasteiger partial charge < -0.3 is 11.1 Å². The zero-order valence-electron chi connectivity index (χ0n) is 10.2. The van der Waals surface area contributed by atoms with E-state index in [0.29, 0.717) is 16.9 Å². The summed E-state index contributed by atoms with van der Waals surface area (Å²) >= 11 is 5.95. The van der Waals surface area contributed by atoms with Gasteiger partial charge in [0.15, 0.2) is 0 Å². The molecule has 0 aliphatic rings. The highest BCUT2D eigenvalue weighted by Crippen LogP contribution is 2.24. The van der Waals surface area contributed by atoms with Gasteiger partial charge in [-0.2, -0.15) is 0 Å². The van der Waals surface area contributed by atoms with E-state index in [0.717, 1.165) is 0 Å². The molecule has 2 rings (SSSR count). The van der Waals surface area contributed by atoms with Crippen LogP contribution in [0.4, 0.5) is 15.8 Å². The largest absolute Gasteiger partial charge is 0.398 e. The number of anilines is 2. The summed E-state index contributed by atoms with van der Waals surface area (Å²) in [4.78, 5) is 12.1. The van der Waals surface area contributed by atoms with Crippen molar-refractivity contribution < 1.29 is 9.18 Å². The van der Waals surface area contributed by atoms with Gasteiger partial charge in [-0.05, 0) is 42.8 Å². The molecule has 1 amide bonds. The Balaban J connectivity index is 2.31. The number of halogens is 2. The minimum Gasteiger partial charge on any atom is -0.398 e. The van der Waals surface area contributed by atoms with Crippen LogP contribution >= 0.6 is 11.6 Å². The number of nitrogens with two attached hydrogens (primary N) is 1. The van der Waals surface area contributed by atoms with Crippen molar-refractivity contribution in [2.75, 3.05) is 11.1 Å². The van der Waals surface area contributed by atoms with E-state index in [1.54, 1.807) is 25.1 Å². The molecule has 0 aliphatic heterocycles. The first-order valence-electron chi connectivity index (χ1n) is 5.60. The van der Waals surface area contributed by atoms with Gasteiger partial charge in [0, 0.05) is 11.4 Å². The molecule has 0 saturated heterocycles. The fourth-order valence-corrected chi connectivity index (χ4v) is 2.00. The molecule has 19 heavy (non-hydrogen) atoms. The fourth-order valence-electron chi connectivity index (χ4n) is 1.73. The Bertz CT molecular complexity index is 623. The minimum absolute atomic E-state index is 0.216. The monoisotopic (exact) mass is 278 g/mol. The van der Waals surface area contributed by atoms with Crippen molar-refractivity contribution in [1.29, 1.82) is 0 Å². The van der Waals surface area contributed by atoms with Crippen molar-refractivity contribution in [1.82, 2.24) is 0 Å². The molecule has 2 aromatic carbocycles. The topological polar surface area (TPSA) is 55.1 Å². The van der Waals surface area contributed by atoms with Crippen molar-refractivity contribution in [3.8, 4) is 0 Å². The van der Waals surface area contributed by atoms with E-state index in [2.05, 4.69) is 5.32 Å². The summed E-state index contributed by atoms with van der Waals surface area (Å²) in [7, 11) is 0. The van der Waals surface area contributed by atoms with Crippen LogP contribution in [0.15, 0.2) is 36.4 Å². The van der Waals surface area contributed by atoms with Crippen molar-refractivity contribution >= 4 is 28.9 Å². The van der Waals surface area contributed by atoms with E-state index in [9.17, 15) is 9.18 Å². The van der Waals surface area contributed by atoms with Crippen LogP contribution < -0.4 is 11.1 Å². The molecule has 2 aromatic rings. The Kier molecular flexibility index (Phi) is 3.71. The molecule has 0 spiro atoms. The first-order chi connectivity index (χ1) is 8.99. The van der Waals surface area contributed by atoms with Gasteiger partial charge in [0.1, 0.15) is 5.82 Å². The SMILES string of the molecule is Cc1cc(F)ccc1NC(=O)c1c(N)cccc1Cl. The van der Waals surface area contributed by atoms with Gasteiger partial charge in [0.2, 0.25) is 0 Å². The van der Waals surface area contributed by atoms with E-state index in [4.69, 9.17) is 17.3 Å². The lowest BCUT2D eigenvalue weighted by atomic mass is 10.1. The Morgan fingerprint density at radius 2 is 2.05 bits per heavy atom. The highest BCUT2D eigenvalue weighted by Gasteiger charge is 2.14. The average molecular weight is 279 g/mol. The molecular formula is C14H12ClFN2O. The third-order valence-electron chi connectivity index (χ3n) is 2.71. The minimum atomic E-state index is -0.419. The number of carbonyl (C=O) groups excluding carboxylic acids is 1. The summed E-state index contributed by atoms with van der Waals surface area (Å²) in [6.45, 7) is 1.70. The molecule has 0 heterocycles. The number of aryl methyl sites for hydroxylation is 1. The molecule has 3 nitrogen and oxygen atoms in total. The summed E-state index contributed by atoms with van der Waals surface area (Å²) in [5, 5.41) is 2.94. The van der Waals surface area contributed by atoms with Crippen molar-refractivity contribution in [2.45, 2.75) is 6.92 Å². The molecule has 98 valence electrons. The first-order valence-corrected chi connectivity index (χ1v) is 5.98. The maximum atomic E-state index is 13.0. The summed E-state index contributed by atoms with van der Waals surface area (Å²) in [5.41, 5.74) is 7.39. The van der Waals surface area contributed by atoms with E-state index < -0.39 is 5.91 Å². The van der Waals surface area contributed by atoms with Crippen molar-refractivity contribution in [2.24, 2.45) is 0 Å². The second-order valence-electron chi connectivity index (χ2n) is 4.12. The van der Waals surface area contributed by atoms with Crippen LogP contribution in [0.5, 0.6) is 0 Å². The number of benzene rings is 2. The van der Waals surface area contributed by atoms with Crippen LogP contribution in [0.25, 0.3) is 0 Å². The number of carbonyl (C=O) groups is 1. The lowest BCUT2D eigenvalue weighted by Gasteiger charge is -2.11. The Morgan fingerprint density at radius 3 is 2.68 bits per heavy atom. The molecule has 0 radical (unpaired) electrons. The molecule has 0 saturated carbocycles. The number of nitrogen functional groups attached to an aromatic ring is 1.